The van der Waals surface area contributed by atoms with Gasteiger partial charge >= 0.3 is 0 Å². The van der Waals surface area contributed by atoms with Crippen molar-refractivity contribution in [1.82, 2.24) is 4.98 Å². The number of aryl methyl sites for hydroxylation is 2. The third-order valence-corrected chi connectivity index (χ3v) is 4.29. The second-order valence-electron chi connectivity index (χ2n) is 6.79. The first kappa shape index (κ1) is 24.5. The third-order valence-electron chi connectivity index (χ3n) is 4.29. The number of benzene rings is 2. The summed E-state index contributed by atoms with van der Waals surface area (Å²) in [5, 5.41) is 9.45. The molecule has 1 heterocycles. The summed E-state index contributed by atoms with van der Waals surface area (Å²) in [7, 11) is 1.68. The first-order chi connectivity index (χ1) is 13.2. The monoisotopic (exact) mass is 569 g/mol. The number of rotatable bonds is 3. The van der Waals surface area contributed by atoms with Crippen LogP contribution >= 0.6 is 0 Å². The van der Waals surface area contributed by atoms with E-state index in [1.807, 2.05) is 18.2 Å². The molecule has 0 unspecified atom stereocenters. The molecule has 0 aliphatic rings. The van der Waals surface area contributed by atoms with E-state index in [0.717, 1.165) is 33.5 Å². The van der Waals surface area contributed by atoms with Gasteiger partial charge in [0.25, 0.3) is 0 Å². The molecule has 155 valence electrons. The zero-order valence-electron chi connectivity index (χ0n) is 17.6. The number of fused-ring (bicyclic) bond motifs is 1. The number of pyridine rings is 1. The third kappa shape index (κ3) is 6.81. The fourth-order valence-electron chi connectivity index (χ4n) is 2.88. The molecule has 0 aliphatic carbocycles. The maximum absolute atomic E-state index is 10.0. The van der Waals surface area contributed by atoms with Crippen LogP contribution in [-0.2, 0) is 24.9 Å². The van der Waals surface area contributed by atoms with Crippen molar-refractivity contribution < 1.29 is 34.7 Å². The fourth-order valence-corrected chi connectivity index (χ4v) is 2.88. The summed E-state index contributed by atoms with van der Waals surface area (Å²) >= 11 is 0. The summed E-state index contributed by atoms with van der Waals surface area (Å²) in [4.78, 5) is 14.8. The van der Waals surface area contributed by atoms with Crippen LogP contribution in [0.3, 0.4) is 0 Å². The van der Waals surface area contributed by atoms with E-state index >= 15 is 0 Å². The summed E-state index contributed by atoms with van der Waals surface area (Å²) in [6.45, 7) is 9.18. The smallest absolute Gasteiger partial charge is 0.155 e. The van der Waals surface area contributed by atoms with E-state index in [-0.39, 0.29) is 31.6 Å². The van der Waals surface area contributed by atoms with Gasteiger partial charge in [-0.25, -0.2) is 0 Å². The maximum Gasteiger partial charge on any atom is 0.155 e. The molecule has 0 amide bonds. The van der Waals surface area contributed by atoms with Crippen molar-refractivity contribution in [1.29, 1.82) is 0 Å². The van der Waals surface area contributed by atoms with Gasteiger partial charge in [0.15, 0.2) is 5.78 Å². The number of aromatic nitrogens is 1. The molecule has 5 heteroatoms. The molecule has 29 heavy (non-hydrogen) atoms. The van der Waals surface area contributed by atoms with Crippen LogP contribution in [0.15, 0.2) is 48.2 Å². The number of hydrogen-bond acceptors (Lipinski definition) is 4. The van der Waals surface area contributed by atoms with Crippen molar-refractivity contribution >= 4 is 16.7 Å². The van der Waals surface area contributed by atoms with Crippen LogP contribution < -0.4 is 4.74 Å². The van der Waals surface area contributed by atoms with Crippen LogP contribution in [0, 0.1) is 26.8 Å². The number of hydrogen-bond donors (Lipinski definition) is 1. The van der Waals surface area contributed by atoms with Gasteiger partial charge in [-0.05, 0) is 37.7 Å². The Balaban J connectivity index is 0.000000456. The minimum Gasteiger partial charge on any atom is -0.512 e. The number of methoxy groups -OCH3 is 1. The Hall–Kier alpha value is -2.49. The van der Waals surface area contributed by atoms with Crippen molar-refractivity contribution in [3.8, 4) is 17.0 Å². The van der Waals surface area contributed by atoms with E-state index in [1.54, 1.807) is 7.11 Å². The minimum absolute atomic E-state index is 0. The summed E-state index contributed by atoms with van der Waals surface area (Å²) in [6, 6.07) is 15.7. The van der Waals surface area contributed by atoms with Gasteiger partial charge in [0, 0.05) is 31.6 Å². The number of aliphatic hydroxyl groups is 1. The molecule has 4 nitrogen and oxygen atoms in total. The van der Waals surface area contributed by atoms with Crippen molar-refractivity contribution in [2.75, 3.05) is 7.11 Å². The van der Waals surface area contributed by atoms with Gasteiger partial charge in [-0.15, -0.1) is 34.4 Å². The van der Waals surface area contributed by atoms with Crippen LogP contribution in [0.5, 0.6) is 5.75 Å². The van der Waals surface area contributed by atoms with Gasteiger partial charge in [0.05, 0.1) is 18.4 Å². The molecule has 0 atom stereocenters. The van der Waals surface area contributed by atoms with Gasteiger partial charge in [-0.2, -0.15) is 0 Å². The number of nitrogens with zero attached hydrogens (tertiary/aromatic N) is 1. The zero-order chi connectivity index (χ0) is 20.8. The molecule has 1 N–H and O–H groups in total. The van der Waals surface area contributed by atoms with E-state index in [1.165, 1.54) is 31.1 Å². The molecule has 0 spiro atoms. The van der Waals surface area contributed by atoms with Crippen LogP contribution in [0.4, 0.5) is 0 Å². The molecule has 1 radical (unpaired) electrons. The van der Waals surface area contributed by atoms with Crippen LogP contribution in [0.1, 0.15) is 30.5 Å². The maximum atomic E-state index is 10.0. The minimum atomic E-state index is -0.125. The average molecular weight is 569 g/mol. The normalized spacial score (nSPS) is 10.6. The molecule has 1 aromatic heterocycles. The molecule has 0 saturated carbocycles. The summed E-state index contributed by atoms with van der Waals surface area (Å²) in [6.07, 6.45) is 1.17. The Kier molecular flexibility index (Phi) is 9.22. The molecule has 3 rings (SSSR count). The van der Waals surface area contributed by atoms with Crippen molar-refractivity contribution in [3.63, 3.8) is 0 Å². The number of allylic oxidation sites excluding steroid dienone is 2. The Bertz CT molecular complexity index is 1040. The number of ether oxygens (including phenoxy) is 1. The Labute approximate surface area is 186 Å². The molecule has 0 fully saturated rings. The zero-order valence-corrected chi connectivity index (χ0v) is 20.0. The number of carbonyl (C=O) groups is 1. The first-order valence-electron chi connectivity index (χ1n) is 9.04. The first-order valence-corrected chi connectivity index (χ1v) is 9.04. The van der Waals surface area contributed by atoms with Crippen molar-refractivity contribution in [2.45, 2.75) is 34.6 Å². The topological polar surface area (TPSA) is 59.4 Å². The van der Waals surface area contributed by atoms with Gasteiger partial charge in [-0.1, -0.05) is 32.9 Å². The Morgan fingerprint density at radius 2 is 1.79 bits per heavy atom. The molecule has 2 aromatic carbocycles. The van der Waals surface area contributed by atoms with E-state index in [2.05, 4.69) is 45.0 Å². The van der Waals surface area contributed by atoms with E-state index in [4.69, 9.17) is 14.8 Å². The van der Waals surface area contributed by atoms with E-state index < -0.39 is 0 Å². The SMILES string of the molecule is CC(=O)/C=C(/C)O.COc1ccc2nc(-c3[c-]c(C)cc(C)c3C)ccc2c1.[Ir]. The van der Waals surface area contributed by atoms with Gasteiger partial charge in [-0.3, -0.25) is 9.78 Å². The predicted octanol–water partition coefficient (Wildman–Crippen LogP) is 5.67. The van der Waals surface area contributed by atoms with E-state index in [0.29, 0.717) is 0 Å². The van der Waals surface area contributed by atoms with Gasteiger partial charge < -0.3 is 9.84 Å². The van der Waals surface area contributed by atoms with Gasteiger partial charge in [0.2, 0.25) is 0 Å². The molecule has 0 saturated heterocycles. The average Bonchev–Trinajstić information content (AvgIpc) is 2.63. The molecular formula is C24H26IrNO3-. The van der Waals surface area contributed by atoms with Crippen molar-refractivity contribution in [3.05, 3.63) is 71.0 Å². The second-order valence-corrected chi connectivity index (χ2v) is 6.79. The number of aliphatic hydroxyl groups excluding tert-OH is 1. The van der Waals surface area contributed by atoms with E-state index in [9.17, 15) is 4.79 Å². The van der Waals surface area contributed by atoms with Crippen LogP contribution in [0.2, 0.25) is 0 Å². The summed E-state index contributed by atoms with van der Waals surface area (Å²) in [5.74, 6) is 0.790. The molecule has 0 bridgehead atoms. The predicted molar refractivity (Wildman–Crippen MR) is 114 cm³/mol. The Morgan fingerprint density at radius 1 is 1.10 bits per heavy atom. The Morgan fingerprint density at radius 3 is 2.34 bits per heavy atom. The van der Waals surface area contributed by atoms with Crippen molar-refractivity contribution in [2.24, 2.45) is 0 Å². The molecular weight excluding hydrogens is 542 g/mol. The summed E-state index contributed by atoms with van der Waals surface area (Å²) in [5.41, 5.74) is 6.69. The van der Waals surface area contributed by atoms with Crippen LogP contribution in [0.25, 0.3) is 22.2 Å². The molecule has 3 aromatic rings. The summed E-state index contributed by atoms with van der Waals surface area (Å²) < 4.78 is 5.25. The fraction of sp³-hybridized carbons (Fsp3) is 0.250. The number of ketones is 1. The molecule has 0 aliphatic heterocycles. The standard InChI is InChI=1S/C19H18NO.C5H8O2.Ir/c1-12-9-13(2)14(3)17(10-12)19-7-5-15-11-16(21-4)6-8-18(15)20-19;1-4(6)3-5(2)7;/h5-9,11H,1-4H3;3,6H,1-2H3;/q-1;;/b;4-3-;. The van der Waals surface area contributed by atoms with Gasteiger partial charge in [0.1, 0.15) is 5.75 Å². The largest absolute Gasteiger partial charge is 0.512 e. The number of carbonyl (C=O) groups excluding carboxylic acids is 1. The quantitative estimate of drug-likeness (QED) is 0.251. The second kappa shape index (κ2) is 10.9. The van der Waals surface area contributed by atoms with Crippen LogP contribution in [-0.4, -0.2) is 23.0 Å².